The SMILES string of the molecule is CCC1=C(CCO[C@@H]2O[C@H](CO)[C@@H](O)[C@H](O)[C@H]2O)C(C(=O)O)COC1=O. The number of rotatable bonds is 7. The Labute approximate surface area is 149 Å². The van der Waals surface area contributed by atoms with Crippen LogP contribution in [0, 0.1) is 5.92 Å². The number of ether oxygens (including phenoxy) is 3. The fourth-order valence-electron chi connectivity index (χ4n) is 3.10. The van der Waals surface area contributed by atoms with Gasteiger partial charge in [0.1, 0.15) is 36.9 Å². The number of aliphatic hydroxyl groups excluding tert-OH is 4. The van der Waals surface area contributed by atoms with Crippen molar-refractivity contribution in [3.8, 4) is 0 Å². The third-order valence-electron chi connectivity index (χ3n) is 4.59. The second kappa shape index (κ2) is 8.89. The van der Waals surface area contributed by atoms with Crippen molar-refractivity contribution in [1.82, 2.24) is 0 Å². The van der Waals surface area contributed by atoms with E-state index in [1.165, 1.54) is 0 Å². The van der Waals surface area contributed by atoms with Crippen molar-refractivity contribution in [2.45, 2.75) is 50.5 Å². The Hall–Kier alpha value is -1.56. The van der Waals surface area contributed by atoms with Crippen LogP contribution in [0.4, 0.5) is 0 Å². The van der Waals surface area contributed by atoms with Gasteiger partial charge in [-0.15, -0.1) is 0 Å². The highest BCUT2D eigenvalue weighted by Crippen LogP contribution is 2.29. The Bertz CT molecular complexity index is 557. The van der Waals surface area contributed by atoms with Gasteiger partial charge in [0, 0.05) is 5.57 Å². The summed E-state index contributed by atoms with van der Waals surface area (Å²) in [7, 11) is 0. The van der Waals surface area contributed by atoms with E-state index in [-0.39, 0.29) is 25.2 Å². The fraction of sp³-hybridized carbons (Fsp3) is 0.750. The van der Waals surface area contributed by atoms with Crippen LogP contribution in [0.1, 0.15) is 19.8 Å². The van der Waals surface area contributed by atoms with Gasteiger partial charge in [-0.25, -0.2) is 4.79 Å². The van der Waals surface area contributed by atoms with E-state index >= 15 is 0 Å². The number of esters is 1. The summed E-state index contributed by atoms with van der Waals surface area (Å²) < 4.78 is 15.5. The van der Waals surface area contributed by atoms with Crippen LogP contribution in [0.2, 0.25) is 0 Å². The van der Waals surface area contributed by atoms with Crippen molar-refractivity contribution < 1.29 is 49.3 Å². The maximum absolute atomic E-state index is 11.8. The van der Waals surface area contributed by atoms with E-state index in [1.54, 1.807) is 6.92 Å². The van der Waals surface area contributed by atoms with Crippen LogP contribution in [-0.4, -0.2) is 88.0 Å². The highest BCUT2D eigenvalue weighted by molar-refractivity contribution is 5.92. The standard InChI is InChI=1S/C16H24O10/c1-2-7-8(9(14(21)22)6-25-15(7)23)3-4-24-16-13(20)12(19)11(18)10(5-17)26-16/h9-13,16-20H,2-6H2,1H3,(H,21,22)/t9?,10-,11-,12+,13-,16-/m1/s1. The van der Waals surface area contributed by atoms with Crippen LogP contribution < -0.4 is 0 Å². The number of hydrogen-bond acceptors (Lipinski definition) is 9. The molecule has 1 saturated heterocycles. The van der Waals surface area contributed by atoms with Crippen LogP contribution in [-0.2, 0) is 23.8 Å². The molecule has 2 heterocycles. The molecule has 2 aliphatic rings. The molecule has 0 bridgehead atoms. The fourth-order valence-corrected chi connectivity index (χ4v) is 3.10. The molecule has 1 fully saturated rings. The molecule has 2 aliphatic heterocycles. The average molecular weight is 376 g/mol. The van der Waals surface area contributed by atoms with E-state index in [2.05, 4.69) is 0 Å². The van der Waals surface area contributed by atoms with Crippen LogP contribution in [0.5, 0.6) is 0 Å². The molecular formula is C16H24O10. The molecule has 0 spiro atoms. The lowest BCUT2D eigenvalue weighted by Gasteiger charge is -2.39. The van der Waals surface area contributed by atoms with E-state index in [0.717, 1.165) is 0 Å². The molecule has 5 N–H and O–H groups in total. The molecule has 0 saturated carbocycles. The van der Waals surface area contributed by atoms with Crippen molar-refractivity contribution in [2.75, 3.05) is 19.8 Å². The summed E-state index contributed by atoms with van der Waals surface area (Å²) in [5.41, 5.74) is 0.668. The normalized spacial score (nSPS) is 35.3. The zero-order valence-electron chi connectivity index (χ0n) is 14.3. The first kappa shape index (κ1) is 20.7. The van der Waals surface area contributed by atoms with Crippen LogP contribution in [0.3, 0.4) is 0 Å². The zero-order valence-corrected chi connectivity index (χ0v) is 14.3. The van der Waals surface area contributed by atoms with Gasteiger partial charge in [0.05, 0.1) is 13.2 Å². The molecule has 2 rings (SSSR count). The highest BCUT2D eigenvalue weighted by atomic mass is 16.7. The van der Waals surface area contributed by atoms with Crippen molar-refractivity contribution in [2.24, 2.45) is 5.92 Å². The Morgan fingerprint density at radius 1 is 1.23 bits per heavy atom. The molecular weight excluding hydrogens is 352 g/mol. The highest BCUT2D eigenvalue weighted by Gasteiger charge is 2.44. The molecule has 0 aromatic heterocycles. The summed E-state index contributed by atoms with van der Waals surface area (Å²) in [4.78, 5) is 23.2. The first-order valence-corrected chi connectivity index (χ1v) is 8.35. The minimum atomic E-state index is -1.56. The number of cyclic esters (lactones) is 1. The summed E-state index contributed by atoms with van der Waals surface area (Å²) >= 11 is 0. The molecule has 148 valence electrons. The smallest absolute Gasteiger partial charge is 0.334 e. The molecule has 0 radical (unpaired) electrons. The molecule has 10 nitrogen and oxygen atoms in total. The second-order valence-electron chi connectivity index (χ2n) is 6.16. The topological polar surface area (TPSA) is 163 Å². The Kier molecular flexibility index (Phi) is 7.09. The lowest BCUT2D eigenvalue weighted by molar-refractivity contribution is -0.300. The molecule has 1 unspecified atom stereocenters. The van der Waals surface area contributed by atoms with E-state index in [9.17, 15) is 30.0 Å². The number of hydrogen-bond donors (Lipinski definition) is 5. The third kappa shape index (κ3) is 4.22. The number of carboxylic acid groups (broad SMARTS) is 1. The van der Waals surface area contributed by atoms with Crippen LogP contribution >= 0.6 is 0 Å². The van der Waals surface area contributed by atoms with E-state index < -0.39 is 55.2 Å². The van der Waals surface area contributed by atoms with Crippen molar-refractivity contribution in [1.29, 1.82) is 0 Å². The van der Waals surface area contributed by atoms with Crippen molar-refractivity contribution in [3.63, 3.8) is 0 Å². The first-order valence-electron chi connectivity index (χ1n) is 8.35. The number of aliphatic carboxylic acids is 1. The molecule has 0 aromatic carbocycles. The minimum Gasteiger partial charge on any atom is -0.481 e. The van der Waals surface area contributed by atoms with Crippen molar-refractivity contribution in [3.05, 3.63) is 11.1 Å². The van der Waals surface area contributed by atoms with Gasteiger partial charge in [-0.1, -0.05) is 6.92 Å². The zero-order chi connectivity index (χ0) is 19.4. The largest absolute Gasteiger partial charge is 0.481 e. The molecule has 0 aliphatic carbocycles. The summed E-state index contributed by atoms with van der Waals surface area (Å²) in [6.07, 6.45) is -6.61. The number of carbonyl (C=O) groups excluding carboxylic acids is 1. The van der Waals surface area contributed by atoms with Gasteiger partial charge in [0.25, 0.3) is 0 Å². The molecule has 26 heavy (non-hydrogen) atoms. The first-order chi connectivity index (χ1) is 12.3. The van der Waals surface area contributed by atoms with Gasteiger partial charge in [-0.3, -0.25) is 4.79 Å². The number of aliphatic hydroxyl groups is 4. The van der Waals surface area contributed by atoms with Gasteiger partial charge in [0.15, 0.2) is 6.29 Å². The minimum absolute atomic E-state index is 0.0876. The lowest BCUT2D eigenvalue weighted by Crippen LogP contribution is -2.59. The van der Waals surface area contributed by atoms with E-state index in [1.807, 2.05) is 0 Å². The Balaban J connectivity index is 2.04. The van der Waals surface area contributed by atoms with Crippen molar-refractivity contribution >= 4 is 11.9 Å². The average Bonchev–Trinajstić information content (AvgIpc) is 2.61. The van der Waals surface area contributed by atoms with Crippen LogP contribution in [0.15, 0.2) is 11.1 Å². The monoisotopic (exact) mass is 376 g/mol. The predicted octanol–water partition coefficient (Wildman–Crippen LogP) is -1.84. The quantitative estimate of drug-likeness (QED) is 0.319. The lowest BCUT2D eigenvalue weighted by atomic mass is 9.89. The predicted molar refractivity (Wildman–Crippen MR) is 83.7 cm³/mol. The summed E-state index contributed by atoms with van der Waals surface area (Å²) in [5.74, 6) is -2.65. The molecule has 10 heteroatoms. The number of carboxylic acids is 1. The van der Waals surface area contributed by atoms with Gasteiger partial charge in [-0.05, 0) is 18.4 Å². The van der Waals surface area contributed by atoms with Crippen LogP contribution in [0.25, 0.3) is 0 Å². The van der Waals surface area contributed by atoms with Gasteiger partial charge in [-0.2, -0.15) is 0 Å². The summed E-state index contributed by atoms with van der Waals surface area (Å²) in [6, 6.07) is 0. The van der Waals surface area contributed by atoms with Gasteiger partial charge >= 0.3 is 11.9 Å². The second-order valence-corrected chi connectivity index (χ2v) is 6.16. The van der Waals surface area contributed by atoms with Gasteiger partial charge < -0.3 is 39.7 Å². The van der Waals surface area contributed by atoms with Gasteiger partial charge in [0.2, 0.25) is 0 Å². The third-order valence-corrected chi connectivity index (χ3v) is 4.59. The summed E-state index contributed by atoms with van der Waals surface area (Å²) in [6.45, 7) is 0.772. The maximum atomic E-state index is 11.8. The van der Waals surface area contributed by atoms with E-state index in [0.29, 0.717) is 12.0 Å². The molecule has 0 aromatic rings. The maximum Gasteiger partial charge on any atom is 0.334 e. The molecule has 0 amide bonds. The summed E-state index contributed by atoms with van der Waals surface area (Å²) in [5, 5.41) is 47.8. The Morgan fingerprint density at radius 3 is 2.50 bits per heavy atom. The molecule has 6 atom stereocenters. The Morgan fingerprint density at radius 2 is 1.92 bits per heavy atom. The number of carbonyl (C=O) groups is 2. The van der Waals surface area contributed by atoms with E-state index in [4.69, 9.17) is 19.3 Å².